The van der Waals surface area contributed by atoms with Crippen molar-refractivity contribution in [1.82, 2.24) is 14.7 Å². The molecule has 0 aliphatic carbocycles. The maximum absolute atomic E-state index is 12.7. The lowest BCUT2D eigenvalue weighted by Crippen LogP contribution is -2.37. The van der Waals surface area contributed by atoms with Crippen molar-refractivity contribution in [2.45, 2.75) is 34.2 Å². The summed E-state index contributed by atoms with van der Waals surface area (Å²) in [4.78, 5) is 27.0. The van der Waals surface area contributed by atoms with Crippen LogP contribution in [-0.2, 0) is 11.3 Å². The number of hydrogen-bond acceptors (Lipinski definition) is 4. The Bertz CT molecular complexity index is 994. The molecule has 2 heterocycles. The maximum Gasteiger partial charge on any atom is 0.253 e. The molecule has 0 saturated carbocycles. The minimum atomic E-state index is -0.262. The van der Waals surface area contributed by atoms with Crippen LogP contribution in [0.5, 0.6) is 0 Å². The molecule has 166 valence electrons. The number of nitrogens with zero attached hydrogens (tertiary/aromatic N) is 3. The van der Waals surface area contributed by atoms with Gasteiger partial charge in [-0.3, -0.25) is 14.3 Å². The zero-order chi connectivity index (χ0) is 22.5. The number of hydrogen-bond donors (Lipinski definition) is 1. The van der Waals surface area contributed by atoms with E-state index >= 15 is 0 Å². The third kappa shape index (κ3) is 5.92. The van der Waals surface area contributed by atoms with Gasteiger partial charge in [0.2, 0.25) is 5.91 Å². The number of benzene rings is 1. The number of aromatic nitrogens is 2. The van der Waals surface area contributed by atoms with E-state index in [0.717, 1.165) is 48.0 Å². The lowest BCUT2D eigenvalue weighted by atomic mass is 10.1. The molecule has 31 heavy (non-hydrogen) atoms. The van der Waals surface area contributed by atoms with E-state index in [1.807, 2.05) is 36.6 Å². The molecule has 2 aromatic rings. The number of anilines is 1. The van der Waals surface area contributed by atoms with Crippen LogP contribution >= 0.6 is 23.4 Å². The second-order valence-electron chi connectivity index (χ2n) is 8.12. The molecule has 8 heteroatoms. The number of amides is 2. The van der Waals surface area contributed by atoms with Gasteiger partial charge in [0.1, 0.15) is 5.15 Å². The first-order chi connectivity index (χ1) is 14.8. The molecule has 0 bridgehead atoms. The van der Waals surface area contributed by atoms with E-state index in [-0.39, 0.29) is 11.8 Å². The lowest BCUT2D eigenvalue weighted by Gasteiger charge is -2.26. The van der Waals surface area contributed by atoms with Gasteiger partial charge in [-0.2, -0.15) is 16.9 Å². The highest BCUT2D eigenvalue weighted by Gasteiger charge is 2.19. The molecule has 1 aliphatic heterocycles. The van der Waals surface area contributed by atoms with Gasteiger partial charge in [-0.05, 0) is 49.6 Å². The summed E-state index contributed by atoms with van der Waals surface area (Å²) in [6.45, 7) is 10.2. The largest absolute Gasteiger partial charge is 0.337 e. The zero-order valence-corrected chi connectivity index (χ0v) is 20.0. The summed E-state index contributed by atoms with van der Waals surface area (Å²) in [5, 5.41) is 7.87. The molecule has 1 N–H and O–H groups in total. The van der Waals surface area contributed by atoms with E-state index in [1.165, 1.54) is 6.08 Å². The third-order valence-electron chi connectivity index (χ3n) is 5.08. The molecule has 6 nitrogen and oxygen atoms in total. The first kappa shape index (κ1) is 23.4. The van der Waals surface area contributed by atoms with Crippen LogP contribution in [0.1, 0.15) is 41.0 Å². The van der Waals surface area contributed by atoms with Gasteiger partial charge in [0.25, 0.3) is 5.91 Å². The van der Waals surface area contributed by atoms with Gasteiger partial charge in [-0.15, -0.1) is 0 Å². The average Bonchev–Trinajstić information content (AvgIpc) is 3.00. The molecule has 1 aromatic carbocycles. The van der Waals surface area contributed by atoms with Crippen LogP contribution in [0, 0.1) is 19.8 Å². The summed E-state index contributed by atoms with van der Waals surface area (Å²) in [6.07, 6.45) is 3.15. The Hall–Kier alpha value is -2.25. The summed E-state index contributed by atoms with van der Waals surface area (Å²) in [5.41, 5.74) is 3.70. The topological polar surface area (TPSA) is 67.2 Å². The van der Waals surface area contributed by atoms with E-state index in [9.17, 15) is 9.59 Å². The monoisotopic (exact) mass is 460 g/mol. The van der Waals surface area contributed by atoms with Gasteiger partial charge in [0.05, 0.1) is 5.69 Å². The van der Waals surface area contributed by atoms with Gasteiger partial charge in [-0.1, -0.05) is 25.4 Å². The van der Waals surface area contributed by atoms with Crippen LogP contribution in [0.15, 0.2) is 24.3 Å². The Morgan fingerprint density at radius 2 is 1.97 bits per heavy atom. The number of carbonyl (C=O) groups excluding carboxylic acids is 2. The van der Waals surface area contributed by atoms with Crippen LogP contribution in [0.2, 0.25) is 5.15 Å². The standard InChI is InChI=1S/C23H29ClN4O2S/c1-15(2)14-28-22(24)19(17(4)26-28)6-8-21(29)25-20-7-5-18(13-16(20)3)23(30)27-9-11-31-12-10-27/h5-8,13,15H,9-12,14H2,1-4H3,(H,25,29). The van der Waals surface area contributed by atoms with Gasteiger partial charge in [0, 0.05) is 54.0 Å². The fraction of sp³-hybridized carbons (Fsp3) is 0.435. The molecule has 0 atom stereocenters. The smallest absolute Gasteiger partial charge is 0.253 e. The van der Waals surface area contributed by atoms with Crippen molar-refractivity contribution in [2.24, 2.45) is 5.92 Å². The molecular weight excluding hydrogens is 432 g/mol. The van der Waals surface area contributed by atoms with Gasteiger partial charge >= 0.3 is 0 Å². The van der Waals surface area contributed by atoms with Crippen molar-refractivity contribution in [1.29, 1.82) is 0 Å². The van der Waals surface area contributed by atoms with Crippen molar-refractivity contribution in [3.8, 4) is 0 Å². The van der Waals surface area contributed by atoms with E-state index in [0.29, 0.717) is 22.3 Å². The Morgan fingerprint density at radius 3 is 2.61 bits per heavy atom. The number of aryl methyl sites for hydroxylation is 2. The normalized spacial score (nSPS) is 14.5. The Kier molecular flexibility index (Phi) is 7.84. The van der Waals surface area contributed by atoms with E-state index in [1.54, 1.807) is 22.9 Å². The summed E-state index contributed by atoms with van der Waals surface area (Å²) in [5.74, 6) is 2.16. The Balaban J connectivity index is 1.67. The van der Waals surface area contributed by atoms with Crippen LogP contribution in [0.3, 0.4) is 0 Å². The van der Waals surface area contributed by atoms with Crippen LogP contribution < -0.4 is 5.32 Å². The number of nitrogens with one attached hydrogen (secondary N) is 1. The molecule has 3 rings (SSSR count). The molecule has 2 amide bonds. The molecule has 0 spiro atoms. The van der Waals surface area contributed by atoms with Crippen LogP contribution in [0.4, 0.5) is 5.69 Å². The summed E-state index contributed by atoms with van der Waals surface area (Å²) < 4.78 is 1.76. The molecule has 1 fully saturated rings. The molecule has 1 saturated heterocycles. The Morgan fingerprint density at radius 1 is 1.26 bits per heavy atom. The van der Waals surface area contributed by atoms with E-state index < -0.39 is 0 Å². The molecule has 0 radical (unpaired) electrons. The van der Waals surface area contributed by atoms with Crippen LogP contribution in [0.25, 0.3) is 6.08 Å². The highest BCUT2D eigenvalue weighted by molar-refractivity contribution is 7.99. The summed E-state index contributed by atoms with van der Waals surface area (Å²) in [6, 6.07) is 5.39. The highest BCUT2D eigenvalue weighted by Crippen LogP contribution is 2.23. The second kappa shape index (κ2) is 10.4. The second-order valence-corrected chi connectivity index (χ2v) is 9.71. The Labute approximate surface area is 193 Å². The summed E-state index contributed by atoms with van der Waals surface area (Å²) in [7, 11) is 0. The first-order valence-corrected chi connectivity index (χ1v) is 12.0. The quantitative estimate of drug-likeness (QED) is 0.637. The van der Waals surface area contributed by atoms with Gasteiger partial charge in [-0.25, -0.2) is 0 Å². The van der Waals surface area contributed by atoms with Crippen molar-refractivity contribution in [3.05, 3.63) is 51.8 Å². The number of thioether (sulfide) groups is 1. The number of rotatable bonds is 6. The SMILES string of the molecule is Cc1cc(C(=O)N2CCSCC2)ccc1NC(=O)C=Cc1c(C)nn(CC(C)C)c1Cl. The number of carbonyl (C=O) groups is 2. The molecular formula is C23H29ClN4O2S. The van der Waals surface area contributed by atoms with E-state index in [4.69, 9.17) is 11.6 Å². The first-order valence-electron chi connectivity index (χ1n) is 10.5. The maximum atomic E-state index is 12.7. The zero-order valence-electron chi connectivity index (χ0n) is 18.4. The summed E-state index contributed by atoms with van der Waals surface area (Å²) >= 11 is 8.30. The van der Waals surface area contributed by atoms with Crippen molar-refractivity contribution >= 4 is 46.9 Å². The highest BCUT2D eigenvalue weighted by atomic mass is 35.5. The predicted molar refractivity (Wildman–Crippen MR) is 129 cm³/mol. The van der Waals surface area contributed by atoms with E-state index in [2.05, 4.69) is 24.3 Å². The van der Waals surface area contributed by atoms with Crippen molar-refractivity contribution < 1.29 is 9.59 Å². The third-order valence-corrected chi connectivity index (χ3v) is 6.42. The van der Waals surface area contributed by atoms with Crippen molar-refractivity contribution in [3.63, 3.8) is 0 Å². The molecule has 1 aromatic heterocycles. The number of halogens is 1. The minimum Gasteiger partial charge on any atom is -0.337 e. The van der Waals surface area contributed by atoms with Crippen molar-refractivity contribution in [2.75, 3.05) is 29.9 Å². The minimum absolute atomic E-state index is 0.0460. The lowest BCUT2D eigenvalue weighted by molar-refractivity contribution is -0.111. The molecule has 0 unspecified atom stereocenters. The average molecular weight is 461 g/mol. The fourth-order valence-corrected chi connectivity index (χ4v) is 4.65. The van der Waals surface area contributed by atoms with Gasteiger partial charge in [0.15, 0.2) is 0 Å². The fourth-order valence-electron chi connectivity index (χ4n) is 3.44. The van der Waals surface area contributed by atoms with Gasteiger partial charge < -0.3 is 10.2 Å². The van der Waals surface area contributed by atoms with Crippen LogP contribution in [-0.4, -0.2) is 51.1 Å². The predicted octanol–water partition coefficient (Wildman–Crippen LogP) is 4.65. The molecule has 1 aliphatic rings.